The van der Waals surface area contributed by atoms with Crippen LogP contribution in [0.2, 0.25) is 0 Å². The molecule has 0 aliphatic rings. The molecular formula is C11H11NO2S. The van der Waals surface area contributed by atoms with Gasteiger partial charge in [0, 0.05) is 5.25 Å². The van der Waals surface area contributed by atoms with Gasteiger partial charge in [-0.15, -0.1) is 0 Å². The van der Waals surface area contributed by atoms with Gasteiger partial charge in [0.1, 0.15) is 0 Å². The van der Waals surface area contributed by atoms with Crippen LogP contribution in [0.3, 0.4) is 0 Å². The van der Waals surface area contributed by atoms with E-state index in [9.17, 15) is 4.79 Å². The number of nitriles is 1. The van der Waals surface area contributed by atoms with Crippen LogP contribution in [0.15, 0.2) is 24.3 Å². The lowest BCUT2D eigenvalue weighted by atomic mass is 10.1. The van der Waals surface area contributed by atoms with Crippen LogP contribution in [-0.4, -0.2) is 17.3 Å². The first-order valence-corrected chi connectivity index (χ1v) is 5.71. The standard InChI is InChI=1S/C11H11NO2S/c1-15-10(5-6-12)8-3-2-4-9(7-8)11(13)14/h2-4,7,10H,5H2,1H3,(H,13,14). The van der Waals surface area contributed by atoms with E-state index in [0.717, 1.165) is 5.56 Å². The first-order chi connectivity index (χ1) is 7.19. The lowest BCUT2D eigenvalue weighted by Crippen LogP contribution is -1.99. The summed E-state index contributed by atoms with van der Waals surface area (Å²) in [6, 6.07) is 8.83. The number of thioether (sulfide) groups is 1. The van der Waals surface area contributed by atoms with E-state index < -0.39 is 5.97 Å². The van der Waals surface area contributed by atoms with Crippen molar-refractivity contribution in [2.24, 2.45) is 0 Å². The van der Waals surface area contributed by atoms with Crippen LogP contribution in [0.5, 0.6) is 0 Å². The van der Waals surface area contributed by atoms with Crippen molar-refractivity contribution in [3.05, 3.63) is 35.4 Å². The molecule has 1 aromatic carbocycles. The number of benzene rings is 1. The molecule has 4 heteroatoms. The Balaban J connectivity index is 2.98. The Morgan fingerprint density at radius 2 is 2.40 bits per heavy atom. The van der Waals surface area contributed by atoms with Crippen molar-refractivity contribution < 1.29 is 9.90 Å². The number of carboxylic acid groups (broad SMARTS) is 1. The molecule has 1 N–H and O–H groups in total. The van der Waals surface area contributed by atoms with Crippen molar-refractivity contribution in [3.8, 4) is 6.07 Å². The highest BCUT2D eigenvalue weighted by Crippen LogP contribution is 2.29. The molecule has 0 bridgehead atoms. The fourth-order valence-corrected chi connectivity index (χ4v) is 1.95. The maximum Gasteiger partial charge on any atom is 0.335 e. The van der Waals surface area contributed by atoms with Crippen molar-refractivity contribution >= 4 is 17.7 Å². The third-order valence-electron chi connectivity index (χ3n) is 2.07. The first kappa shape index (κ1) is 11.6. The Bertz CT molecular complexity index is 398. The van der Waals surface area contributed by atoms with Crippen molar-refractivity contribution in [3.63, 3.8) is 0 Å². The zero-order chi connectivity index (χ0) is 11.3. The molecule has 1 aromatic rings. The van der Waals surface area contributed by atoms with Gasteiger partial charge < -0.3 is 5.11 Å². The SMILES string of the molecule is CSC(CC#N)c1cccc(C(=O)O)c1. The predicted octanol–water partition coefficient (Wildman–Crippen LogP) is 2.70. The molecule has 0 aliphatic carbocycles. The molecular weight excluding hydrogens is 210 g/mol. The number of carboxylic acids is 1. The normalized spacial score (nSPS) is 11.7. The Morgan fingerprint density at radius 3 is 2.93 bits per heavy atom. The monoisotopic (exact) mass is 221 g/mol. The van der Waals surface area contributed by atoms with Crippen LogP contribution >= 0.6 is 11.8 Å². The number of hydrogen-bond donors (Lipinski definition) is 1. The first-order valence-electron chi connectivity index (χ1n) is 4.42. The maximum atomic E-state index is 10.8. The average molecular weight is 221 g/mol. The van der Waals surface area contributed by atoms with Gasteiger partial charge in [-0.2, -0.15) is 17.0 Å². The molecule has 0 saturated carbocycles. The van der Waals surface area contributed by atoms with Gasteiger partial charge in [-0.25, -0.2) is 4.79 Å². The average Bonchev–Trinajstić information content (AvgIpc) is 2.26. The molecule has 1 unspecified atom stereocenters. The largest absolute Gasteiger partial charge is 0.478 e. The summed E-state index contributed by atoms with van der Waals surface area (Å²) in [6.07, 6.45) is 2.31. The molecule has 3 nitrogen and oxygen atoms in total. The second-order valence-corrected chi connectivity index (χ2v) is 4.06. The molecule has 0 aromatic heterocycles. The van der Waals surface area contributed by atoms with Gasteiger partial charge in [-0.1, -0.05) is 12.1 Å². The zero-order valence-corrected chi connectivity index (χ0v) is 9.12. The molecule has 78 valence electrons. The summed E-state index contributed by atoms with van der Waals surface area (Å²) in [4.78, 5) is 10.8. The van der Waals surface area contributed by atoms with Crippen LogP contribution in [-0.2, 0) is 0 Å². The second kappa shape index (κ2) is 5.42. The van der Waals surface area contributed by atoms with E-state index in [1.165, 1.54) is 0 Å². The number of rotatable bonds is 4. The summed E-state index contributed by atoms with van der Waals surface area (Å²) in [7, 11) is 0. The zero-order valence-electron chi connectivity index (χ0n) is 8.30. The molecule has 1 rings (SSSR count). The molecule has 0 amide bonds. The minimum atomic E-state index is -0.936. The van der Waals surface area contributed by atoms with Crippen LogP contribution < -0.4 is 0 Å². The molecule has 1 atom stereocenters. The van der Waals surface area contributed by atoms with E-state index >= 15 is 0 Å². The molecule has 0 fully saturated rings. The fraction of sp³-hybridized carbons (Fsp3) is 0.273. The van der Waals surface area contributed by atoms with Crippen LogP contribution in [0.4, 0.5) is 0 Å². The predicted molar refractivity (Wildman–Crippen MR) is 59.9 cm³/mol. The molecule has 0 saturated heterocycles. The Hall–Kier alpha value is -1.47. The number of hydrogen-bond acceptors (Lipinski definition) is 3. The number of aromatic carboxylic acids is 1. The van der Waals surface area contributed by atoms with Crippen LogP contribution in [0, 0.1) is 11.3 Å². The Kier molecular flexibility index (Phi) is 4.19. The third kappa shape index (κ3) is 3.00. The lowest BCUT2D eigenvalue weighted by molar-refractivity contribution is 0.0697. The minimum absolute atomic E-state index is 0.0503. The Labute approximate surface area is 92.7 Å². The highest BCUT2D eigenvalue weighted by Gasteiger charge is 2.11. The van der Waals surface area contributed by atoms with E-state index in [-0.39, 0.29) is 10.8 Å². The smallest absolute Gasteiger partial charge is 0.335 e. The quantitative estimate of drug-likeness (QED) is 0.849. The summed E-state index contributed by atoms with van der Waals surface area (Å²) in [5.41, 5.74) is 1.16. The Morgan fingerprint density at radius 1 is 1.67 bits per heavy atom. The van der Waals surface area contributed by atoms with Crippen molar-refractivity contribution in [1.82, 2.24) is 0 Å². The second-order valence-electron chi connectivity index (χ2n) is 3.02. The van der Waals surface area contributed by atoms with Crippen LogP contribution in [0.1, 0.15) is 27.6 Å². The molecule has 0 heterocycles. The summed E-state index contributed by atoms with van der Waals surface area (Å²) < 4.78 is 0. The fourth-order valence-electron chi connectivity index (χ4n) is 1.29. The van der Waals surface area contributed by atoms with E-state index in [1.54, 1.807) is 30.0 Å². The van der Waals surface area contributed by atoms with E-state index in [1.807, 2.05) is 12.3 Å². The van der Waals surface area contributed by atoms with Crippen molar-refractivity contribution in [2.45, 2.75) is 11.7 Å². The molecule has 0 spiro atoms. The highest BCUT2D eigenvalue weighted by molar-refractivity contribution is 7.98. The van der Waals surface area contributed by atoms with Crippen LogP contribution in [0.25, 0.3) is 0 Å². The summed E-state index contributed by atoms with van der Waals surface area (Å²) in [5.74, 6) is -0.936. The summed E-state index contributed by atoms with van der Waals surface area (Å²) >= 11 is 1.55. The van der Waals surface area contributed by atoms with Gasteiger partial charge in [0.25, 0.3) is 0 Å². The van der Waals surface area contributed by atoms with E-state index in [2.05, 4.69) is 6.07 Å². The molecule has 0 radical (unpaired) electrons. The van der Waals surface area contributed by atoms with Crippen molar-refractivity contribution in [1.29, 1.82) is 5.26 Å². The maximum absolute atomic E-state index is 10.8. The highest BCUT2D eigenvalue weighted by atomic mass is 32.2. The van der Waals surface area contributed by atoms with E-state index in [0.29, 0.717) is 6.42 Å². The number of nitrogens with zero attached hydrogens (tertiary/aromatic N) is 1. The molecule has 0 aliphatic heterocycles. The number of carbonyl (C=O) groups is 1. The topological polar surface area (TPSA) is 61.1 Å². The van der Waals surface area contributed by atoms with E-state index in [4.69, 9.17) is 10.4 Å². The summed E-state index contributed by atoms with van der Waals surface area (Å²) in [5, 5.41) is 17.5. The van der Waals surface area contributed by atoms with Gasteiger partial charge in [0.2, 0.25) is 0 Å². The minimum Gasteiger partial charge on any atom is -0.478 e. The van der Waals surface area contributed by atoms with Gasteiger partial charge in [0.05, 0.1) is 18.1 Å². The summed E-state index contributed by atoms with van der Waals surface area (Å²) in [6.45, 7) is 0. The van der Waals surface area contributed by atoms with Gasteiger partial charge in [0.15, 0.2) is 0 Å². The van der Waals surface area contributed by atoms with Gasteiger partial charge >= 0.3 is 5.97 Å². The third-order valence-corrected chi connectivity index (χ3v) is 3.07. The van der Waals surface area contributed by atoms with Gasteiger partial charge in [-0.3, -0.25) is 0 Å². The van der Waals surface area contributed by atoms with Gasteiger partial charge in [-0.05, 0) is 24.0 Å². The lowest BCUT2D eigenvalue weighted by Gasteiger charge is -2.11. The van der Waals surface area contributed by atoms with Crippen molar-refractivity contribution in [2.75, 3.05) is 6.26 Å². The molecule has 15 heavy (non-hydrogen) atoms.